The summed E-state index contributed by atoms with van der Waals surface area (Å²) in [5.74, 6) is 0.579. The lowest BCUT2D eigenvalue weighted by Gasteiger charge is -2.11. The average molecular weight is 297 g/mol. The highest BCUT2D eigenvalue weighted by molar-refractivity contribution is 9.10. The van der Waals surface area contributed by atoms with Gasteiger partial charge >= 0.3 is 0 Å². The molecule has 0 aromatic heterocycles. The highest BCUT2D eigenvalue weighted by Crippen LogP contribution is 2.20. The van der Waals surface area contributed by atoms with Gasteiger partial charge in [-0.15, -0.1) is 0 Å². The number of halogens is 1. The fourth-order valence-corrected chi connectivity index (χ4v) is 2.49. The molecule has 1 aromatic rings. The predicted molar refractivity (Wildman–Crippen MR) is 72.2 cm³/mol. The van der Waals surface area contributed by atoms with Gasteiger partial charge < -0.3 is 10.6 Å². The van der Waals surface area contributed by atoms with Crippen molar-refractivity contribution in [2.75, 3.05) is 19.6 Å². The smallest absolute Gasteiger partial charge is 0.252 e. The molecule has 92 valence electrons. The summed E-state index contributed by atoms with van der Waals surface area (Å²) in [7, 11) is 0. The maximum absolute atomic E-state index is 12.0. The molecule has 1 unspecified atom stereocenters. The molecule has 0 spiro atoms. The number of carbonyl (C=O) groups excluding carboxylic acids is 1. The fourth-order valence-electron chi connectivity index (χ4n) is 2.04. The largest absolute Gasteiger partial charge is 0.352 e. The normalized spacial score (nSPS) is 19.3. The molecule has 0 radical (unpaired) electrons. The van der Waals surface area contributed by atoms with E-state index in [1.54, 1.807) is 0 Å². The average Bonchev–Trinajstić information content (AvgIpc) is 2.82. The molecule has 1 aromatic carbocycles. The number of hydrogen-bond donors (Lipinski definition) is 2. The van der Waals surface area contributed by atoms with E-state index in [9.17, 15) is 4.79 Å². The molecule has 17 heavy (non-hydrogen) atoms. The van der Waals surface area contributed by atoms with Crippen molar-refractivity contribution in [1.82, 2.24) is 10.6 Å². The first-order chi connectivity index (χ1) is 8.18. The Bertz CT molecular complexity index is 414. The van der Waals surface area contributed by atoms with Crippen molar-refractivity contribution in [3.8, 4) is 0 Å². The van der Waals surface area contributed by atoms with Crippen LogP contribution in [0.5, 0.6) is 0 Å². The quantitative estimate of drug-likeness (QED) is 0.897. The lowest BCUT2D eigenvalue weighted by Crippen LogP contribution is -2.30. The van der Waals surface area contributed by atoms with Gasteiger partial charge in [-0.25, -0.2) is 0 Å². The van der Waals surface area contributed by atoms with Crippen LogP contribution >= 0.6 is 15.9 Å². The zero-order valence-corrected chi connectivity index (χ0v) is 11.5. The van der Waals surface area contributed by atoms with E-state index < -0.39 is 0 Å². The molecule has 1 fully saturated rings. The molecule has 3 nitrogen and oxygen atoms in total. The van der Waals surface area contributed by atoms with E-state index in [2.05, 4.69) is 26.6 Å². The highest BCUT2D eigenvalue weighted by Gasteiger charge is 2.16. The minimum absolute atomic E-state index is 0.00692. The van der Waals surface area contributed by atoms with E-state index >= 15 is 0 Å². The molecule has 1 aliphatic rings. The number of amides is 1. The molecule has 0 saturated carbocycles. The number of aryl methyl sites for hydroxylation is 1. The van der Waals surface area contributed by atoms with E-state index in [0.717, 1.165) is 41.7 Å². The maximum Gasteiger partial charge on any atom is 0.252 e. The monoisotopic (exact) mass is 296 g/mol. The third-order valence-corrected chi connectivity index (χ3v) is 4.20. The summed E-state index contributed by atoms with van der Waals surface area (Å²) in [5, 5.41) is 6.30. The van der Waals surface area contributed by atoms with Gasteiger partial charge in [-0.1, -0.05) is 12.1 Å². The Morgan fingerprint density at radius 1 is 1.59 bits per heavy atom. The van der Waals surface area contributed by atoms with Crippen LogP contribution in [0.15, 0.2) is 22.7 Å². The number of rotatable bonds is 3. The minimum atomic E-state index is 0.00692. The van der Waals surface area contributed by atoms with Gasteiger partial charge in [-0.05, 0) is 59.9 Å². The molecule has 0 bridgehead atoms. The van der Waals surface area contributed by atoms with Crippen LogP contribution in [0.2, 0.25) is 0 Å². The first-order valence-electron chi connectivity index (χ1n) is 5.92. The first-order valence-corrected chi connectivity index (χ1v) is 6.72. The van der Waals surface area contributed by atoms with Crippen LogP contribution < -0.4 is 10.6 Å². The SMILES string of the molecule is Cc1cccc(C(=O)NCC2CCNC2)c1Br. The van der Waals surface area contributed by atoms with E-state index in [-0.39, 0.29) is 5.91 Å². The number of benzene rings is 1. The Morgan fingerprint density at radius 2 is 2.41 bits per heavy atom. The summed E-state index contributed by atoms with van der Waals surface area (Å²) in [4.78, 5) is 12.0. The molecule has 1 atom stereocenters. The van der Waals surface area contributed by atoms with Gasteiger partial charge in [-0.3, -0.25) is 4.79 Å². The van der Waals surface area contributed by atoms with Gasteiger partial charge in [-0.2, -0.15) is 0 Å². The van der Waals surface area contributed by atoms with Crippen LogP contribution in [-0.2, 0) is 0 Å². The van der Waals surface area contributed by atoms with Crippen LogP contribution in [0.1, 0.15) is 22.3 Å². The van der Waals surface area contributed by atoms with Crippen LogP contribution in [0, 0.1) is 12.8 Å². The summed E-state index contributed by atoms with van der Waals surface area (Å²) in [6, 6.07) is 5.74. The molecule has 1 heterocycles. The van der Waals surface area contributed by atoms with E-state index in [4.69, 9.17) is 0 Å². The van der Waals surface area contributed by atoms with Gasteiger partial charge in [0.05, 0.1) is 5.56 Å². The summed E-state index contributed by atoms with van der Waals surface area (Å²) in [6.07, 6.45) is 1.15. The third kappa shape index (κ3) is 3.07. The number of nitrogens with one attached hydrogen (secondary N) is 2. The Hall–Kier alpha value is -0.870. The van der Waals surface area contributed by atoms with Crippen molar-refractivity contribution in [2.24, 2.45) is 5.92 Å². The number of carbonyl (C=O) groups is 1. The van der Waals surface area contributed by atoms with Crippen LogP contribution in [-0.4, -0.2) is 25.5 Å². The Kier molecular flexibility index (Phi) is 4.18. The molecule has 0 aliphatic carbocycles. The zero-order valence-electron chi connectivity index (χ0n) is 9.92. The molecular weight excluding hydrogens is 280 g/mol. The van der Waals surface area contributed by atoms with Gasteiger partial charge in [0.2, 0.25) is 0 Å². The lowest BCUT2D eigenvalue weighted by atomic mass is 10.1. The standard InChI is InChI=1S/C13H17BrN2O/c1-9-3-2-4-11(12(9)14)13(17)16-8-10-5-6-15-7-10/h2-4,10,15H,5-8H2,1H3,(H,16,17). The second-order valence-corrected chi connectivity index (χ2v) is 5.30. The van der Waals surface area contributed by atoms with Crippen LogP contribution in [0.25, 0.3) is 0 Å². The van der Waals surface area contributed by atoms with Gasteiger partial charge in [0.1, 0.15) is 0 Å². The van der Waals surface area contributed by atoms with Crippen molar-refractivity contribution >= 4 is 21.8 Å². The summed E-state index contributed by atoms with van der Waals surface area (Å²) in [6.45, 7) is 4.82. The second kappa shape index (κ2) is 5.65. The van der Waals surface area contributed by atoms with Crippen LogP contribution in [0.4, 0.5) is 0 Å². The Labute approximate surface area is 110 Å². The zero-order chi connectivity index (χ0) is 12.3. The molecule has 2 rings (SSSR count). The Balaban J connectivity index is 1.97. The van der Waals surface area contributed by atoms with Gasteiger partial charge in [0.15, 0.2) is 0 Å². The molecule has 4 heteroatoms. The molecular formula is C13H17BrN2O. The topological polar surface area (TPSA) is 41.1 Å². The molecule has 1 saturated heterocycles. The van der Waals surface area contributed by atoms with Crippen molar-refractivity contribution in [3.05, 3.63) is 33.8 Å². The summed E-state index contributed by atoms with van der Waals surface area (Å²) >= 11 is 3.46. The van der Waals surface area contributed by atoms with E-state index in [1.165, 1.54) is 0 Å². The van der Waals surface area contributed by atoms with E-state index in [0.29, 0.717) is 5.92 Å². The van der Waals surface area contributed by atoms with Gasteiger partial charge in [0.25, 0.3) is 5.91 Å². The second-order valence-electron chi connectivity index (χ2n) is 4.51. The van der Waals surface area contributed by atoms with Crippen molar-refractivity contribution in [3.63, 3.8) is 0 Å². The van der Waals surface area contributed by atoms with Crippen molar-refractivity contribution in [1.29, 1.82) is 0 Å². The Morgan fingerprint density at radius 3 is 3.12 bits per heavy atom. The predicted octanol–water partition coefficient (Wildman–Crippen LogP) is 2.10. The molecule has 1 amide bonds. The first kappa shape index (κ1) is 12.6. The number of hydrogen-bond acceptors (Lipinski definition) is 2. The summed E-state index contributed by atoms with van der Waals surface area (Å²) < 4.78 is 0.891. The van der Waals surface area contributed by atoms with Crippen molar-refractivity contribution < 1.29 is 4.79 Å². The van der Waals surface area contributed by atoms with Crippen LogP contribution in [0.3, 0.4) is 0 Å². The minimum Gasteiger partial charge on any atom is -0.352 e. The van der Waals surface area contributed by atoms with E-state index in [1.807, 2.05) is 25.1 Å². The maximum atomic E-state index is 12.0. The van der Waals surface area contributed by atoms with Gasteiger partial charge in [0, 0.05) is 11.0 Å². The highest BCUT2D eigenvalue weighted by atomic mass is 79.9. The fraction of sp³-hybridized carbons (Fsp3) is 0.462. The summed E-state index contributed by atoms with van der Waals surface area (Å²) in [5.41, 5.74) is 1.80. The lowest BCUT2D eigenvalue weighted by molar-refractivity contribution is 0.0947. The third-order valence-electron chi connectivity index (χ3n) is 3.15. The van der Waals surface area contributed by atoms with Crippen molar-refractivity contribution in [2.45, 2.75) is 13.3 Å². The molecule has 2 N–H and O–H groups in total. The molecule has 1 aliphatic heterocycles.